The molecule has 21 heavy (non-hydrogen) atoms. The van der Waals surface area contributed by atoms with Crippen molar-refractivity contribution in [2.24, 2.45) is 5.92 Å². The van der Waals surface area contributed by atoms with Gasteiger partial charge in [-0.25, -0.2) is 0 Å². The zero-order valence-electron chi connectivity index (χ0n) is 12.0. The lowest BCUT2D eigenvalue weighted by Crippen LogP contribution is -2.34. The van der Waals surface area contributed by atoms with E-state index in [1.54, 1.807) is 30.2 Å². The van der Waals surface area contributed by atoms with Gasteiger partial charge in [0.2, 0.25) is 0 Å². The molecule has 4 nitrogen and oxygen atoms in total. The lowest BCUT2D eigenvalue weighted by molar-refractivity contribution is 0.0754. The average molecular weight is 302 g/mol. The number of nitriles is 1. The first-order valence-electron chi connectivity index (χ1n) is 6.80. The lowest BCUT2D eigenvalue weighted by atomic mass is 10.1. The monoisotopic (exact) mass is 301 g/mol. The number of hydrogen-bond donors (Lipinski definition) is 0. The van der Waals surface area contributed by atoms with Crippen molar-refractivity contribution >= 4 is 28.4 Å². The normalized spacial score (nSPS) is 11.9. The highest BCUT2D eigenvalue weighted by Crippen LogP contribution is 2.23. The predicted octanol–water partition coefficient (Wildman–Crippen LogP) is 3.51. The number of benzene rings is 1. The first-order chi connectivity index (χ1) is 10.1. The fourth-order valence-corrected chi connectivity index (χ4v) is 2.44. The number of carbonyl (C=O) groups is 1. The fraction of sp³-hybridized carbons (Fsp3) is 0.312. The number of fused-ring (bicyclic) bond motifs is 1. The molecule has 1 atom stereocenters. The van der Waals surface area contributed by atoms with Crippen molar-refractivity contribution in [3.63, 3.8) is 0 Å². The van der Waals surface area contributed by atoms with E-state index in [2.05, 4.69) is 11.1 Å². The van der Waals surface area contributed by atoms with E-state index in [1.807, 2.05) is 19.1 Å². The van der Waals surface area contributed by atoms with Gasteiger partial charge in [-0.15, -0.1) is 0 Å². The maximum absolute atomic E-state index is 12.7. The van der Waals surface area contributed by atoms with E-state index in [4.69, 9.17) is 16.9 Å². The molecule has 1 aromatic carbocycles. The molecule has 0 aliphatic rings. The number of hydrogen-bond acceptors (Lipinski definition) is 3. The quantitative estimate of drug-likeness (QED) is 0.868. The van der Waals surface area contributed by atoms with Gasteiger partial charge in [0.05, 0.1) is 23.1 Å². The highest BCUT2D eigenvalue weighted by molar-refractivity contribution is 6.32. The van der Waals surface area contributed by atoms with Gasteiger partial charge >= 0.3 is 0 Å². The lowest BCUT2D eigenvalue weighted by Gasteiger charge is -2.22. The largest absolute Gasteiger partial charge is 0.338 e. The third-order valence-electron chi connectivity index (χ3n) is 3.28. The second-order valence-corrected chi connectivity index (χ2v) is 5.34. The molecule has 0 aliphatic heterocycles. The molecule has 0 fully saturated rings. The van der Waals surface area contributed by atoms with E-state index < -0.39 is 0 Å². The SMILES string of the molecule is CCN(CC(C)C#N)C(=O)c1cc(Cl)cc2cccnc12. The maximum atomic E-state index is 12.7. The van der Waals surface area contributed by atoms with Crippen LogP contribution < -0.4 is 0 Å². The molecule has 0 saturated carbocycles. The summed E-state index contributed by atoms with van der Waals surface area (Å²) in [6.07, 6.45) is 1.65. The Morgan fingerprint density at radius 3 is 2.95 bits per heavy atom. The smallest absolute Gasteiger partial charge is 0.256 e. The van der Waals surface area contributed by atoms with Crippen LogP contribution in [0.1, 0.15) is 24.2 Å². The third kappa shape index (κ3) is 3.32. The number of amides is 1. The Kier molecular flexibility index (Phi) is 4.77. The van der Waals surface area contributed by atoms with E-state index in [0.717, 1.165) is 5.39 Å². The summed E-state index contributed by atoms with van der Waals surface area (Å²) in [6, 6.07) is 9.26. The van der Waals surface area contributed by atoms with Crippen molar-refractivity contribution in [3.8, 4) is 6.07 Å². The van der Waals surface area contributed by atoms with Crippen LogP contribution in [0.2, 0.25) is 5.02 Å². The molecule has 1 unspecified atom stereocenters. The molecule has 108 valence electrons. The minimum Gasteiger partial charge on any atom is -0.338 e. The molecule has 0 spiro atoms. The molecule has 2 rings (SSSR count). The van der Waals surface area contributed by atoms with Gasteiger partial charge in [0.25, 0.3) is 5.91 Å². The van der Waals surface area contributed by atoms with Crippen LogP contribution in [0, 0.1) is 17.2 Å². The molecule has 2 aromatic rings. The molecular weight excluding hydrogens is 286 g/mol. The van der Waals surface area contributed by atoms with Crippen LogP contribution in [0.5, 0.6) is 0 Å². The molecule has 5 heteroatoms. The van der Waals surface area contributed by atoms with Crippen molar-refractivity contribution in [3.05, 3.63) is 41.0 Å². The molecule has 0 bridgehead atoms. The van der Waals surface area contributed by atoms with Gasteiger partial charge in [0, 0.05) is 29.7 Å². The summed E-state index contributed by atoms with van der Waals surface area (Å²) in [5.74, 6) is -0.363. The summed E-state index contributed by atoms with van der Waals surface area (Å²) < 4.78 is 0. The van der Waals surface area contributed by atoms with E-state index >= 15 is 0 Å². The standard InChI is InChI=1S/C16H16ClN3O/c1-3-20(10-11(2)9-18)16(21)14-8-13(17)7-12-5-4-6-19-15(12)14/h4-8,11H,3,10H2,1-2H3. The Bertz CT molecular complexity index is 708. The van der Waals surface area contributed by atoms with Gasteiger partial charge in [-0.1, -0.05) is 17.7 Å². The summed E-state index contributed by atoms with van der Waals surface area (Å²) in [5, 5.41) is 10.3. The topological polar surface area (TPSA) is 57.0 Å². The van der Waals surface area contributed by atoms with Crippen molar-refractivity contribution in [1.82, 2.24) is 9.88 Å². The van der Waals surface area contributed by atoms with Crippen LogP contribution in [0.3, 0.4) is 0 Å². The number of pyridine rings is 1. The zero-order valence-corrected chi connectivity index (χ0v) is 12.8. The van der Waals surface area contributed by atoms with E-state index in [0.29, 0.717) is 29.2 Å². The van der Waals surface area contributed by atoms with Crippen LogP contribution in [0.15, 0.2) is 30.5 Å². The molecule has 0 N–H and O–H groups in total. The minimum atomic E-state index is -0.215. The summed E-state index contributed by atoms with van der Waals surface area (Å²) in [4.78, 5) is 18.6. The predicted molar refractivity (Wildman–Crippen MR) is 83.1 cm³/mol. The number of nitrogens with zero attached hydrogens (tertiary/aromatic N) is 3. The highest BCUT2D eigenvalue weighted by atomic mass is 35.5. The fourth-order valence-electron chi connectivity index (χ4n) is 2.22. The first-order valence-corrected chi connectivity index (χ1v) is 7.17. The molecule has 0 radical (unpaired) electrons. The van der Waals surface area contributed by atoms with E-state index in [1.165, 1.54) is 0 Å². The van der Waals surface area contributed by atoms with E-state index in [9.17, 15) is 4.79 Å². The second-order valence-electron chi connectivity index (χ2n) is 4.90. The van der Waals surface area contributed by atoms with E-state index in [-0.39, 0.29) is 11.8 Å². The van der Waals surface area contributed by atoms with Gasteiger partial charge in [-0.2, -0.15) is 5.26 Å². The molecule has 1 heterocycles. The number of aromatic nitrogens is 1. The van der Waals surface area contributed by atoms with Gasteiger partial charge in [-0.05, 0) is 32.0 Å². The minimum absolute atomic E-state index is 0.147. The van der Waals surface area contributed by atoms with Crippen molar-refractivity contribution in [1.29, 1.82) is 5.26 Å². The Balaban J connectivity index is 2.45. The van der Waals surface area contributed by atoms with Gasteiger partial charge in [0.1, 0.15) is 0 Å². The maximum Gasteiger partial charge on any atom is 0.256 e. The Labute approximate surface area is 129 Å². The number of carbonyl (C=O) groups excluding carboxylic acids is 1. The summed E-state index contributed by atoms with van der Waals surface area (Å²) in [6.45, 7) is 4.62. The third-order valence-corrected chi connectivity index (χ3v) is 3.50. The molecular formula is C16H16ClN3O. The molecule has 0 aliphatic carbocycles. The van der Waals surface area contributed by atoms with Crippen LogP contribution in [0.25, 0.3) is 10.9 Å². The molecule has 1 amide bonds. The molecule has 0 saturated heterocycles. The van der Waals surface area contributed by atoms with Crippen LogP contribution in [-0.2, 0) is 0 Å². The number of rotatable bonds is 4. The zero-order chi connectivity index (χ0) is 15.4. The first kappa shape index (κ1) is 15.3. The Hall–Kier alpha value is -2.12. The van der Waals surface area contributed by atoms with Crippen molar-refractivity contribution < 1.29 is 4.79 Å². The average Bonchev–Trinajstić information content (AvgIpc) is 2.50. The summed E-state index contributed by atoms with van der Waals surface area (Å²) >= 11 is 6.10. The Morgan fingerprint density at radius 1 is 1.52 bits per heavy atom. The highest BCUT2D eigenvalue weighted by Gasteiger charge is 2.20. The van der Waals surface area contributed by atoms with Crippen LogP contribution in [-0.4, -0.2) is 28.9 Å². The van der Waals surface area contributed by atoms with Gasteiger partial charge in [0.15, 0.2) is 0 Å². The Morgan fingerprint density at radius 2 is 2.29 bits per heavy atom. The van der Waals surface area contributed by atoms with Crippen LogP contribution >= 0.6 is 11.6 Å². The number of halogens is 1. The van der Waals surface area contributed by atoms with Crippen LogP contribution in [0.4, 0.5) is 0 Å². The van der Waals surface area contributed by atoms with Crippen molar-refractivity contribution in [2.45, 2.75) is 13.8 Å². The molecule has 1 aromatic heterocycles. The summed E-state index contributed by atoms with van der Waals surface area (Å²) in [7, 11) is 0. The summed E-state index contributed by atoms with van der Waals surface area (Å²) in [5.41, 5.74) is 1.11. The second kappa shape index (κ2) is 6.55. The van der Waals surface area contributed by atoms with Crippen molar-refractivity contribution in [2.75, 3.05) is 13.1 Å². The van der Waals surface area contributed by atoms with Gasteiger partial charge in [-0.3, -0.25) is 9.78 Å². The van der Waals surface area contributed by atoms with Gasteiger partial charge < -0.3 is 4.90 Å².